The molecule has 7 rings (SSSR count). The van der Waals surface area contributed by atoms with Crippen molar-refractivity contribution in [2.24, 2.45) is 5.92 Å². The molecule has 4 heterocycles. The molecule has 9 nitrogen and oxygen atoms in total. The molecule has 11 heteroatoms. The highest BCUT2D eigenvalue weighted by molar-refractivity contribution is 8.00. The molecule has 0 amide bonds. The Morgan fingerprint density at radius 2 is 1.94 bits per heavy atom. The van der Waals surface area contributed by atoms with E-state index in [1.807, 2.05) is 79.9 Å². The fraction of sp³-hybridized carbons (Fsp3) is 0.351. The first-order valence-corrected chi connectivity index (χ1v) is 17.4. The van der Waals surface area contributed by atoms with Crippen LogP contribution in [0.25, 0.3) is 16.7 Å². The van der Waals surface area contributed by atoms with E-state index in [0.717, 1.165) is 53.6 Å². The average Bonchev–Trinajstić information content (AvgIpc) is 3.74. The Bertz CT molecular complexity index is 1950. The number of fused-ring (bicyclic) bond motifs is 1. The molecule has 0 saturated carbocycles. The maximum atomic E-state index is 11.5. The fourth-order valence-corrected chi connectivity index (χ4v) is 8.64. The third-order valence-corrected chi connectivity index (χ3v) is 11.8. The van der Waals surface area contributed by atoms with Gasteiger partial charge in [0.1, 0.15) is 16.3 Å². The van der Waals surface area contributed by atoms with Crippen LogP contribution in [-0.4, -0.2) is 82.0 Å². The van der Waals surface area contributed by atoms with Gasteiger partial charge in [0.2, 0.25) is 5.89 Å². The molecule has 246 valence electrons. The number of anilines is 1. The lowest BCUT2D eigenvalue weighted by molar-refractivity contribution is -0.141. The number of oxazole rings is 1. The number of allylic oxidation sites excluding steroid dienone is 3. The number of likely N-dealkylation sites (N-methyl/N-ethyl adjacent to an activating group) is 1. The van der Waals surface area contributed by atoms with Gasteiger partial charge in [-0.15, -0.1) is 11.6 Å². The monoisotopic (exact) mass is 680 g/mol. The number of benzene rings is 2. The van der Waals surface area contributed by atoms with Gasteiger partial charge in [0.25, 0.3) is 0 Å². The molecule has 4 aromatic rings. The molecular weight excluding hydrogens is 644 g/mol. The van der Waals surface area contributed by atoms with E-state index in [9.17, 15) is 15.2 Å². The van der Waals surface area contributed by atoms with Crippen molar-refractivity contribution in [1.29, 1.82) is 5.26 Å². The Kier molecular flexibility index (Phi) is 8.81. The molecule has 0 bridgehead atoms. The van der Waals surface area contributed by atoms with Crippen molar-refractivity contribution in [3.05, 3.63) is 102 Å². The molecule has 1 aliphatic carbocycles. The number of carboxylic acid groups (broad SMARTS) is 1. The second kappa shape index (κ2) is 13.1. The standard InChI is InChI=1S/C37H37ClN6O3S/c1-36(38)30(26-7-4-3-5-8-26)9-6-12-37(36,48-32-21-29(10-13-40-32)44-17-15-42(2)16-18-44)35-41-31-20-25(19-28(22-39)33(31)47-35)23-43-14-11-27(24-43)34(45)46/h3-10,12-13,19-21,27H,11,14-18,23-24H2,1-2H3,(H,45,46). The van der Waals surface area contributed by atoms with Crippen LogP contribution < -0.4 is 4.90 Å². The van der Waals surface area contributed by atoms with E-state index in [4.69, 9.17) is 26.0 Å². The Morgan fingerprint density at radius 3 is 2.67 bits per heavy atom. The summed E-state index contributed by atoms with van der Waals surface area (Å²) >= 11 is 9.27. The van der Waals surface area contributed by atoms with Gasteiger partial charge in [-0.3, -0.25) is 9.69 Å². The minimum Gasteiger partial charge on any atom is -0.481 e. The van der Waals surface area contributed by atoms with Crippen LogP contribution >= 0.6 is 23.4 Å². The SMILES string of the molecule is CN1CCN(c2ccnc(SC3(c4nc5cc(CN6CCC(C(=O)O)C6)cc(C#N)c5o4)C=CC=C(c4ccccc4)C3(C)Cl)c2)CC1. The molecule has 2 aromatic carbocycles. The smallest absolute Gasteiger partial charge is 0.307 e. The number of nitrogens with zero attached hydrogens (tertiary/aromatic N) is 6. The quantitative estimate of drug-likeness (QED) is 0.210. The second-order valence-corrected chi connectivity index (χ2v) is 15.0. The molecule has 48 heavy (non-hydrogen) atoms. The highest BCUT2D eigenvalue weighted by Crippen LogP contribution is 2.59. The second-order valence-electron chi connectivity index (χ2n) is 13.0. The van der Waals surface area contributed by atoms with Crippen molar-refractivity contribution < 1.29 is 14.3 Å². The zero-order valence-corrected chi connectivity index (χ0v) is 28.5. The van der Waals surface area contributed by atoms with Crippen molar-refractivity contribution in [2.75, 3.05) is 51.2 Å². The van der Waals surface area contributed by atoms with E-state index in [1.54, 1.807) is 0 Å². The van der Waals surface area contributed by atoms with E-state index < -0.39 is 15.6 Å². The lowest BCUT2D eigenvalue weighted by Crippen LogP contribution is -2.45. The van der Waals surface area contributed by atoms with Crippen molar-refractivity contribution in [3.63, 3.8) is 0 Å². The molecule has 2 aliphatic heterocycles. The number of alkyl halides is 1. The van der Waals surface area contributed by atoms with Gasteiger partial charge in [-0.2, -0.15) is 5.26 Å². The first kappa shape index (κ1) is 32.4. The van der Waals surface area contributed by atoms with Gasteiger partial charge >= 0.3 is 5.97 Å². The van der Waals surface area contributed by atoms with Crippen molar-refractivity contribution >= 4 is 51.7 Å². The molecule has 3 unspecified atom stereocenters. The first-order chi connectivity index (χ1) is 23.2. The third kappa shape index (κ3) is 6.01. The van der Waals surface area contributed by atoms with E-state index in [-0.39, 0.29) is 5.92 Å². The summed E-state index contributed by atoms with van der Waals surface area (Å²) in [5, 5.41) is 20.5. The summed E-state index contributed by atoms with van der Waals surface area (Å²) < 4.78 is 5.56. The van der Waals surface area contributed by atoms with Crippen LogP contribution in [0.4, 0.5) is 5.69 Å². The molecule has 3 atom stereocenters. The van der Waals surface area contributed by atoms with Crippen LogP contribution in [0.15, 0.2) is 88.5 Å². The molecule has 0 radical (unpaired) electrons. The number of halogens is 1. The normalized spacial score (nSPS) is 24.9. The number of hydrogen-bond donors (Lipinski definition) is 1. The molecule has 2 fully saturated rings. The molecule has 2 saturated heterocycles. The average molecular weight is 681 g/mol. The zero-order valence-electron chi connectivity index (χ0n) is 27.0. The summed E-state index contributed by atoms with van der Waals surface area (Å²) in [5.74, 6) is -0.772. The molecule has 0 spiro atoms. The number of aliphatic carboxylic acids is 1. The molecule has 3 aliphatic rings. The maximum absolute atomic E-state index is 11.5. The van der Waals surface area contributed by atoms with Gasteiger partial charge < -0.3 is 19.3 Å². The third-order valence-electron chi connectivity index (χ3n) is 9.75. The molecular formula is C37H37ClN6O3S. The predicted octanol–water partition coefficient (Wildman–Crippen LogP) is 6.39. The van der Waals surface area contributed by atoms with Crippen molar-refractivity contribution in [3.8, 4) is 6.07 Å². The van der Waals surface area contributed by atoms with Crippen LogP contribution in [0.3, 0.4) is 0 Å². The lowest BCUT2D eigenvalue weighted by atomic mass is 9.78. The van der Waals surface area contributed by atoms with Crippen LogP contribution in [0.1, 0.15) is 35.9 Å². The number of carbonyl (C=O) groups is 1. The number of likely N-dealkylation sites (tertiary alicyclic amines) is 1. The highest BCUT2D eigenvalue weighted by Gasteiger charge is 2.55. The minimum absolute atomic E-state index is 0.375. The van der Waals surface area contributed by atoms with Crippen LogP contribution in [0.5, 0.6) is 0 Å². The highest BCUT2D eigenvalue weighted by atomic mass is 35.5. The summed E-state index contributed by atoms with van der Waals surface area (Å²) in [6.45, 7) is 7.53. The summed E-state index contributed by atoms with van der Waals surface area (Å²) in [7, 11) is 2.14. The Morgan fingerprint density at radius 1 is 1.15 bits per heavy atom. The number of nitriles is 1. The Hall–Kier alpha value is -4.14. The zero-order chi connectivity index (χ0) is 33.5. The van der Waals surface area contributed by atoms with Gasteiger partial charge in [-0.25, -0.2) is 9.97 Å². The van der Waals surface area contributed by atoms with Gasteiger partial charge in [0.15, 0.2) is 5.58 Å². The Labute approximate surface area is 289 Å². The topological polar surface area (TPSA) is 110 Å². The maximum Gasteiger partial charge on any atom is 0.307 e. The van der Waals surface area contributed by atoms with Gasteiger partial charge in [-0.05, 0) is 67.9 Å². The number of hydrogen-bond acceptors (Lipinski definition) is 9. The van der Waals surface area contributed by atoms with E-state index in [1.165, 1.54) is 11.8 Å². The van der Waals surface area contributed by atoms with Gasteiger partial charge in [0.05, 0.1) is 21.4 Å². The van der Waals surface area contributed by atoms with Crippen LogP contribution in [0, 0.1) is 17.2 Å². The summed E-state index contributed by atoms with van der Waals surface area (Å²) in [6.07, 6.45) is 8.53. The van der Waals surface area contributed by atoms with E-state index in [2.05, 4.69) is 33.9 Å². The number of thioether (sulfide) groups is 1. The number of piperazine rings is 1. The van der Waals surface area contributed by atoms with Crippen molar-refractivity contribution in [2.45, 2.75) is 34.5 Å². The number of aromatic nitrogens is 2. The largest absolute Gasteiger partial charge is 0.481 e. The first-order valence-electron chi connectivity index (χ1n) is 16.2. The van der Waals surface area contributed by atoms with Gasteiger partial charge in [-0.1, -0.05) is 60.3 Å². The number of carboxylic acids is 1. The van der Waals surface area contributed by atoms with E-state index >= 15 is 0 Å². The Balaban J connectivity index is 1.31. The molecule has 2 aromatic heterocycles. The predicted molar refractivity (Wildman–Crippen MR) is 189 cm³/mol. The summed E-state index contributed by atoms with van der Waals surface area (Å²) in [5.41, 5.74) is 5.23. The van der Waals surface area contributed by atoms with Crippen molar-refractivity contribution in [1.82, 2.24) is 19.8 Å². The number of pyridine rings is 1. The van der Waals surface area contributed by atoms with Gasteiger partial charge in [0, 0.05) is 51.2 Å². The lowest BCUT2D eigenvalue weighted by Gasteiger charge is -2.43. The molecule has 1 N–H and O–H groups in total. The summed E-state index contributed by atoms with van der Waals surface area (Å²) in [6, 6.07) is 20.3. The van der Waals surface area contributed by atoms with Crippen LogP contribution in [-0.2, 0) is 16.1 Å². The van der Waals surface area contributed by atoms with E-state index in [0.29, 0.717) is 48.6 Å². The summed E-state index contributed by atoms with van der Waals surface area (Å²) in [4.78, 5) is 27.2. The fourth-order valence-electron chi connectivity index (χ4n) is 6.96. The minimum atomic E-state index is -1.04. The number of rotatable bonds is 8. The van der Waals surface area contributed by atoms with Crippen LogP contribution in [0.2, 0.25) is 0 Å².